The Bertz CT molecular complexity index is 1000. The maximum absolute atomic E-state index is 13.1. The summed E-state index contributed by atoms with van der Waals surface area (Å²) in [6, 6.07) is 8.53. The van der Waals surface area contributed by atoms with E-state index in [-0.39, 0.29) is 11.6 Å². The first-order valence-electron chi connectivity index (χ1n) is 9.51. The minimum absolute atomic E-state index is 0.135. The van der Waals surface area contributed by atoms with Crippen LogP contribution in [-0.4, -0.2) is 22.6 Å². The van der Waals surface area contributed by atoms with Gasteiger partial charge in [0.15, 0.2) is 0 Å². The smallest absolute Gasteiger partial charge is 0.344 e. The number of hydrogen-bond donors (Lipinski definition) is 1. The molecule has 3 heterocycles. The van der Waals surface area contributed by atoms with Crippen LogP contribution in [0.2, 0.25) is 0 Å². The van der Waals surface area contributed by atoms with Gasteiger partial charge in [-0.1, -0.05) is 0 Å². The van der Waals surface area contributed by atoms with Crippen molar-refractivity contribution in [3.8, 4) is 0 Å². The van der Waals surface area contributed by atoms with E-state index in [2.05, 4.69) is 22.3 Å². The average Bonchev–Trinajstić information content (AvgIpc) is 3.04. The summed E-state index contributed by atoms with van der Waals surface area (Å²) in [7, 11) is 0. The van der Waals surface area contributed by atoms with Gasteiger partial charge in [-0.25, -0.2) is 0 Å². The Morgan fingerprint density at radius 2 is 1.76 bits per heavy atom. The quantitative estimate of drug-likeness (QED) is 0.774. The molecule has 0 saturated carbocycles. The Hall–Kier alpha value is -2.96. The van der Waals surface area contributed by atoms with Gasteiger partial charge in [0.2, 0.25) is 0 Å². The molecule has 7 heteroatoms. The number of nitrogens with one attached hydrogen (secondary N) is 1. The van der Waals surface area contributed by atoms with Crippen LogP contribution in [0.5, 0.6) is 0 Å². The molecule has 1 atom stereocenters. The molecular formula is C22H23F3N4. The third-order valence-electron chi connectivity index (χ3n) is 5.30. The first-order valence-corrected chi connectivity index (χ1v) is 9.51. The number of allylic oxidation sites excluding steroid dienone is 1. The molecular weight excluding hydrogens is 377 g/mol. The largest absolute Gasteiger partial charge is 0.416 e. The van der Waals surface area contributed by atoms with E-state index < -0.39 is 11.7 Å². The molecule has 2 aliphatic heterocycles. The topological polar surface area (TPSA) is 31.4 Å². The Balaban J connectivity index is 1.72. The molecule has 0 fully saturated rings. The van der Waals surface area contributed by atoms with E-state index in [9.17, 15) is 13.2 Å². The number of hydrazine groups is 1. The lowest BCUT2D eigenvalue weighted by atomic mass is 10.0. The van der Waals surface area contributed by atoms with Crippen molar-refractivity contribution in [1.29, 1.82) is 0 Å². The van der Waals surface area contributed by atoms with Crippen LogP contribution in [0, 0.1) is 20.8 Å². The van der Waals surface area contributed by atoms with Gasteiger partial charge in [-0.15, -0.1) is 0 Å². The van der Waals surface area contributed by atoms with Gasteiger partial charge in [0, 0.05) is 41.6 Å². The molecule has 4 nitrogen and oxygen atoms in total. The molecule has 152 valence electrons. The number of fused-ring (bicyclic) bond motifs is 1. The van der Waals surface area contributed by atoms with Crippen molar-refractivity contribution in [2.45, 2.75) is 39.9 Å². The fourth-order valence-electron chi connectivity index (χ4n) is 4.02. The predicted molar refractivity (Wildman–Crippen MR) is 108 cm³/mol. The van der Waals surface area contributed by atoms with Gasteiger partial charge in [-0.05, 0) is 69.2 Å². The van der Waals surface area contributed by atoms with E-state index in [4.69, 9.17) is 0 Å². The van der Waals surface area contributed by atoms with E-state index in [1.165, 1.54) is 13.0 Å². The van der Waals surface area contributed by atoms with Crippen molar-refractivity contribution in [2.24, 2.45) is 0 Å². The first kappa shape index (κ1) is 19.4. The third kappa shape index (κ3) is 3.57. The molecule has 0 spiro atoms. The van der Waals surface area contributed by atoms with Gasteiger partial charge in [0.1, 0.15) is 0 Å². The van der Waals surface area contributed by atoms with Gasteiger partial charge in [0.25, 0.3) is 0 Å². The fraction of sp³-hybridized carbons (Fsp3) is 0.318. The number of hydrogen-bond acceptors (Lipinski definition) is 4. The Morgan fingerprint density at radius 1 is 1.07 bits per heavy atom. The predicted octanol–water partition coefficient (Wildman–Crippen LogP) is 4.94. The third-order valence-corrected chi connectivity index (χ3v) is 5.30. The molecule has 0 amide bonds. The zero-order valence-electron chi connectivity index (χ0n) is 16.8. The van der Waals surface area contributed by atoms with Crippen molar-refractivity contribution >= 4 is 11.3 Å². The SMILES string of the molecule is Cc1cc(C2=CNN3C2=CN(c2ccc(C(F)(F)F)c(C)c2)C[C@@H]3C)cc(C)n1. The zero-order valence-corrected chi connectivity index (χ0v) is 16.8. The highest BCUT2D eigenvalue weighted by Gasteiger charge is 2.34. The minimum atomic E-state index is -4.34. The van der Waals surface area contributed by atoms with Crippen molar-refractivity contribution < 1.29 is 13.2 Å². The van der Waals surface area contributed by atoms with Crippen molar-refractivity contribution in [1.82, 2.24) is 15.4 Å². The molecule has 2 aromatic rings. The summed E-state index contributed by atoms with van der Waals surface area (Å²) in [5.74, 6) is 0. The number of benzene rings is 1. The Morgan fingerprint density at radius 3 is 2.38 bits per heavy atom. The van der Waals surface area contributed by atoms with Crippen molar-refractivity contribution in [3.05, 3.63) is 76.5 Å². The highest BCUT2D eigenvalue weighted by atomic mass is 19.4. The highest BCUT2D eigenvalue weighted by molar-refractivity contribution is 5.81. The lowest BCUT2D eigenvalue weighted by Crippen LogP contribution is -2.47. The number of alkyl halides is 3. The van der Waals surface area contributed by atoms with Gasteiger partial charge < -0.3 is 10.3 Å². The zero-order chi connectivity index (χ0) is 20.9. The monoisotopic (exact) mass is 400 g/mol. The summed E-state index contributed by atoms with van der Waals surface area (Å²) in [6.07, 6.45) is -0.369. The Labute approximate surface area is 168 Å². The number of pyridine rings is 1. The fourth-order valence-corrected chi connectivity index (χ4v) is 4.02. The number of halogens is 3. The molecule has 2 aliphatic rings. The maximum Gasteiger partial charge on any atom is 0.416 e. The summed E-state index contributed by atoms with van der Waals surface area (Å²) in [4.78, 5) is 6.46. The summed E-state index contributed by atoms with van der Waals surface area (Å²) in [5, 5.41) is 2.09. The van der Waals surface area contributed by atoms with Gasteiger partial charge in [-0.3, -0.25) is 9.99 Å². The number of aromatic nitrogens is 1. The molecule has 0 unspecified atom stereocenters. The second-order valence-corrected chi connectivity index (χ2v) is 7.71. The van der Waals surface area contributed by atoms with Crippen LogP contribution in [-0.2, 0) is 6.18 Å². The average molecular weight is 400 g/mol. The highest BCUT2D eigenvalue weighted by Crippen LogP contribution is 2.37. The minimum Gasteiger partial charge on any atom is -0.344 e. The standard InChI is InChI=1S/C22H23F3N4/c1-13-7-18(5-6-20(13)22(23,24)25)28-11-16(4)29-21(12-28)19(10-26-29)17-8-14(2)27-15(3)9-17/h5-10,12,16,26H,11H2,1-4H3/t16-/m0/s1. The molecule has 1 aromatic heterocycles. The van der Waals surface area contributed by atoms with Gasteiger partial charge in [0.05, 0.1) is 17.3 Å². The van der Waals surface area contributed by atoms with E-state index >= 15 is 0 Å². The number of rotatable bonds is 2. The summed E-state index contributed by atoms with van der Waals surface area (Å²) in [5.41, 5.74) is 8.69. The van der Waals surface area contributed by atoms with E-state index in [0.29, 0.717) is 6.54 Å². The van der Waals surface area contributed by atoms with E-state index in [0.717, 1.165) is 33.9 Å². The molecule has 0 aliphatic carbocycles. The van der Waals surface area contributed by atoms with Crippen LogP contribution in [0.25, 0.3) is 5.57 Å². The van der Waals surface area contributed by atoms with Crippen LogP contribution in [0.4, 0.5) is 18.9 Å². The van der Waals surface area contributed by atoms with Crippen molar-refractivity contribution in [3.63, 3.8) is 0 Å². The van der Waals surface area contributed by atoms with Crippen LogP contribution < -0.4 is 10.3 Å². The summed E-state index contributed by atoms with van der Waals surface area (Å²) < 4.78 is 39.3. The van der Waals surface area contributed by atoms with Crippen molar-refractivity contribution in [2.75, 3.05) is 11.4 Å². The number of aryl methyl sites for hydroxylation is 3. The molecule has 0 saturated heterocycles. The number of anilines is 1. The lowest BCUT2D eigenvalue weighted by Gasteiger charge is -2.38. The maximum atomic E-state index is 13.1. The van der Waals surface area contributed by atoms with E-state index in [1.54, 1.807) is 12.1 Å². The van der Waals surface area contributed by atoms with Gasteiger partial charge >= 0.3 is 6.18 Å². The van der Waals surface area contributed by atoms with Crippen LogP contribution in [0.1, 0.15) is 35.0 Å². The Kier molecular flexibility index (Phi) is 4.56. The molecule has 1 N–H and O–H groups in total. The molecule has 1 aromatic carbocycles. The summed E-state index contributed by atoms with van der Waals surface area (Å²) in [6.45, 7) is 8.18. The second-order valence-electron chi connectivity index (χ2n) is 7.71. The number of nitrogens with zero attached hydrogens (tertiary/aromatic N) is 3. The molecule has 0 radical (unpaired) electrons. The summed E-state index contributed by atoms with van der Waals surface area (Å²) >= 11 is 0. The van der Waals surface area contributed by atoms with Crippen LogP contribution in [0.3, 0.4) is 0 Å². The lowest BCUT2D eigenvalue weighted by molar-refractivity contribution is -0.138. The second kappa shape index (κ2) is 6.83. The van der Waals surface area contributed by atoms with Gasteiger partial charge in [-0.2, -0.15) is 13.2 Å². The van der Waals surface area contributed by atoms with E-state index in [1.807, 2.05) is 43.3 Å². The normalized spacial score (nSPS) is 18.9. The van der Waals surface area contributed by atoms with Crippen LogP contribution >= 0.6 is 0 Å². The molecule has 0 bridgehead atoms. The van der Waals surface area contributed by atoms with Crippen LogP contribution in [0.15, 0.2) is 48.4 Å². The first-order chi connectivity index (χ1) is 13.6. The molecule has 29 heavy (non-hydrogen) atoms. The molecule has 4 rings (SSSR count).